The van der Waals surface area contributed by atoms with E-state index in [1.54, 1.807) is 20.3 Å². The van der Waals surface area contributed by atoms with Gasteiger partial charge in [-0.2, -0.15) is 5.26 Å². The van der Waals surface area contributed by atoms with E-state index in [1.807, 2.05) is 12.1 Å². The molecule has 0 aromatic rings. The van der Waals surface area contributed by atoms with Crippen molar-refractivity contribution in [2.24, 2.45) is 0 Å². The molecule has 0 aliphatic rings. The summed E-state index contributed by atoms with van der Waals surface area (Å²) in [6, 6.07) is 2.02. The summed E-state index contributed by atoms with van der Waals surface area (Å²) < 4.78 is 10.3. The molecule has 0 aromatic carbocycles. The Balaban J connectivity index is 3.11. The van der Waals surface area contributed by atoms with Gasteiger partial charge in [-0.1, -0.05) is 44.6 Å². The lowest BCUT2D eigenvalue weighted by molar-refractivity contribution is -0.107. The third-order valence-electron chi connectivity index (χ3n) is 3.28. The summed E-state index contributed by atoms with van der Waals surface area (Å²) in [5.41, 5.74) is 0. The van der Waals surface area contributed by atoms with Gasteiger partial charge in [0.25, 0.3) is 0 Å². The number of ether oxygens (including phenoxy) is 2. The highest BCUT2D eigenvalue weighted by atomic mass is 16.7. The Morgan fingerprint density at radius 1 is 0.895 bits per heavy atom. The topological polar surface area (TPSA) is 42.2 Å². The average molecular weight is 267 g/mol. The van der Waals surface area contributed by atoms with Crippen LogP contribution in [0.4, 0.5) is 0 Å². The van der Waals surface area contributed by atoms with Gasteiger partial charge in [-0.3, -0.25) is 0 Å². The molecule has 110 valence electrons. The van der Waals surface area contributed by atoms with E-state index in [-0.39, 0.29) is 6.29 Å². The van der Waals surface area contributed by atoms with Crippen molar-refractivity contribution >= 4 is 0 Å². The predicted octanol–water partition coefficient (Wildman–Crippen LogP) is 4.59. The highest BCUT2D eigenvalue weighted by Gasteiger charge is 2.03. The summed E-state index contributed by atoms with van der Waals surface area (Å²) in [4.78, 5) is 0. The molecular formula is C16H29NO2. The van der Waals surface area contributed by atoms with Gasteiger partial charge in [0.1, 0.15) is 0 Å². The standard InChI is InChI=1S/C16H29NO2/c1-18-16(19-2)14-12-10-8-6-4-3-5-7-9-11-13-15-17/h11,13,16H,3-10,12,14H2,1-2H3/b13-11+. The average Bonchev–Trinajstić information content (AvgIpc) is 2.44. The summed E-state index contributed by atoms with van der Waals surface area (Å²) in [6.45, 7) is 0. The first-order valence-electron chi connectivity index (χ1n) is 7.45. The first kappa shape index (κ1) is 18.1. The van der Waals surface area contributed by atoms with Crippen LogP contribution in [0.2, 0.25) is 0 Å². The van der Waals surface area contributed by atoms with Gasteiger partial charge in [0.2, 0.25) is 0 Å². The van der Waals surface area contributed by atoms with E-state index in [1.165, 1.54) is 51.4 Å². The molecule has 0 rings (SSSR count). The SMILES string of the molecule is COC(CCCCCCCCCC/C=C/C#N)OC. The second-order valence-corrected chi connectivity index (χ2v) is 4.84. The van der Waals surface area contributed by atoms with E-state index in [2.05, 4.69) is 0 Å². The predicted molar refractivity (Wildman–Crippen MR) is 78.7 cm³/mol. The maximum atomic E-state index is 8.32. The molecule has 0 saturated heterocycles. The first-order valence-corrected chi connectivity index (χ1v) is 7.45. The van der Waals surface area contributed by atoms with Gasteiger partial charge in [0.15, 0.2) is 6.29 Å². The van der Waals surface area contributed by atoms with Crippen molar-refractivity contribution in [1.82, 2.24) is 0 Å². The van der Waals surface area contributed by atoms with E-state index in [9.17, 15) is 0 Å². The molecule has 0 unspecified atom stereocenters. The second-order valence-electron chi connectivity index (χ2n) is 4.84. The van der Waals surface area contributed by atoms with Crippen LogP contribution in [0.3, 0.4) is 0 Å². The number of unbranched alkanes of at least 4 members (excludes halogenated alkanes) is 8. The quantitative estimate of drug-likeness (QED) is 0.278. The maximum absolute atomic E-state index is 8.32. The maximum Gasteiger partial charge on any atom is 0.156 e. The van der Waals surface area contributed by atoms with Gasteiger partial charge < -0.3 is 9.47 Å². The number of hydrogen-bond donors (Lipinski definition) is 0. The number of allylic oxidation sites excluding steroid dienone is 2. The lowest BCUT2D eigenvalue weighted by Crippen LogP contribution is -2.12. The smallest absolute Gasteiger partial charge is 0.156 e. The highest BCUT2D eigenvalue weighted by Crippen LogP contribution is 2.12. The van der Waals surface area contributed by atoms with Gasteiger partial charge in [0.05, 0.1) is 6.07 Å². The van der Waals surface area contributed by atoms with Crippen molar-refractivity contribution in [3.05, 3.63) is 12.2 Å². The normalized spacial score (nSPS) is 11.3. The Hall–Kier alpha value is -0.850. The molecule has 0 radical (unpaired) electrons. The van der Waals surface area contributed by atoms with Crippen LogP contribution >= 0.6 is 0 Å². The zero-order chi connectivity index (χ0) is 14.2. The molecule has 3 heteroatoms. The molecule has 0 atom stereocenters. The fourth-order valence-corrected chi connectivity index (χ4v) is 2.10. The van der Waals surface area contributed by atoms with Crippen molar-refractivity contribution < 1.29 is 9.47 Å². The third kappa shape index (κ3) is 13.4. The van der Waals surface area contributed by atoms with Crippen LogP contribution in [0.15, 0.2) is 12.2 Å². The van der Waals surface area contributed by atoms with Crippen LogP contribution in [0.1, 0.15) is 64.2 Å². The molecule has 3 nitrogen and oxygen atoms in total. The Morgan fingerprint density at radius 2 is 1.42 bits per heavy atom. The zero-order valence-corrected chi connectivity index (χ0v) is 12.6. The van der Waals surface area contributed by atoms with Crippen molar-refractivity contribution in [3.63, 3.8) is 0 Å². The molecule has 0 fully saturated rings. The van der Waals surface area contributed by atoms with Gasteiger partial charge in [0, 0.05) is 20.3 Å². The minimum absolute atomic E-state index is 0.0264. The van der Waals surface area contributed by atoms with Crippen molar-refractivity contribution in [1.29, 1.82) is 5.26 Å². The zero-order valence-electron chi connectivity index (χ0n) is 12.6. The Kier molecular flexibility index (Phi) is 14.5. The van der Waals surface area contributed by atoms with Gasteiger partial charge >= 0.3 is 0 Å². The monoisotopic (exact) mass is 267 g/mol. The second kappa shape index (κ2) is 15.2. The van der Waals surface area contributed by atoms with Crippen LogP contribution in [0.5, 0.6) is 0 Å². The molecule has 0 saturated carbocycles. The number of hydrogen-bond acceptors (Lipinski definition) is 3. The van der Waals surface area contributed by atoms with Gasteiger partial charge in [-0.25, -0.2) is 0 Å². The number of nitriles is 1. The fourth-order valence-electron chi connectivity index (χ4n) is 2.10. The van der Waals surface area contributed by atoms with Crippen molar-refractivity contribution in [2.45, 2.75) is 70.5 Å². The van der Waals surface area contributed by atoms with E-state index in [0.29, 0.717) is 0 Å². The van der Waals surface area contributed by atoms with Crippen LogP contribution in [-0.2, 0) is 9.47 Å². The fraction of sp³-hybridized carbons (Fsp3) is 0.812. The third-order valence-corrected chi connectivity index (χ3v) is 3.28. The Bertz CT molecular complexity index is 242. The van der Waals surface area contributed by atoms with Crippen LogP contribution < -0.4 is 0 Å². The van der Waals surface area contributed by atoms with E-state index < -0.39 is 0 Å². The first-order chi connectivity index (χ1) is 9.35. The molecule has 0 N–H and O–H groups in total. The molecule has 19 heavy (non-hydrogen) atoms. The van der Waals surface area contributed by atoms with Crippen molar-refractivity contribution in [3.8, 4) is 6.07 Å². The number of methoxy groups -OCH3 is 2. The summed E-state index contributed by atoms with van der Waals surface area (Å²) >= 11 is 0. The summed E-state index contributed by atoms with van der Waals surface area (Å²) in [5.74, 6) is 0. The molecule has 0 aromatic heterocycles. The number of rotatable bonds is 13. The largest absolute Gasteiger partial charge is 0.356 e. The van der Waals surface area contributed by atoms with Crippen LogP contribution in [-0.4, -0.2) is 20.5 Å². The minimum Gasteiger partial charge on any atom is -0.356 e. The van der Waals surface area contributed by atoms with E-state index in [4.69, 9.17) is 14.7 Å². The van der Waals surface area contributed by atoms with E-state index >= 15 is 0 Å². The number of nitrogens with zero attached hydrogens (tertiary/aromatic N) is 1. The molecule has 0 aliphatic heterocycles. The Labute approximate surface area is 118 Å². The molecule has 0 bridgehead atoms. The highest BCUT2D eigenvalue weighted by molar-refractivity contribution is 5.01. The minimum atomic E-state index is -0.0264. The lowest BCUT2D eigenvalue weighted by Gasteiger charge is -2.12. The van der Waals surface area contributed by atoms with Gasteiger partial charge in [-0.15, -0.1) is 0 Å². The lowest BCUT2D eigenvalue weighted by atomic mass is 10.1. The van der Waals surface area contributed by atoms with Crippen LogP contribution in [0.25, 0.3) is 0 Å². The van der Waals surface area contributed by atoms with Crippen LogP contribution in [0, 0.1) is 11.3 Å². The molecule has 0 amide bonds. The molecule has 0 spiro atoms. The van der Waals surface area contributed by atoms with Crippen molar-refractivity contribution in [2.75, 3.05) is 14.2 Å². The van der Waals surface area contributed by atoms with E-state index in [0.717, 1.165) is 12.8 Å². The summed E-state index contributed by atoms with van der Waals surface area (Å²) in [5, 5.41) is 8.32. The summed E-state index contributed by atoms with van der Waals surface area (Å²) in [6.07, 6.45) is 15.8. The Morgan fingerprint density at radius 3 is 1.95 bits per heavy atom. The summed E-state index contributed by atoms with van der Waals surface area (Å²) in [7, 11) is 3.39. The molecular weight excluding hydrogens is 238 g/mol. The molecule has 0 aliphatic carbocycles. The molecule has 0 heterocycles. The van der Waals surface area contributed by atoms with Gasteiger partial charge in [-0.05, 0) is 25.7 Å².